The number of hydrogen-bond acceptors (Lipinski definition) is 3. The van der Waals surface area contributed by atoms with E-state index < -0.39 is 11.7 Å². The maximum atomic E-state index is 10.2. The van der Waals surface area contributed by atoms with E-state index in [1.54, 1.807) is 6.07 Å². The lowest BCUT2D eigenvalue weighted by Gasteiger charge is -2.33. The molecule has 0 fully saturated rings. The van der Waals surface area contributed by atoms with Crippen LogP contribution in [-0.4, -0.2) is 17.3 Å². The molecule has 1 rings (SSSR count). The van der Waals surface area contributed by atoms with Crippen molar-refractivity contribution in [2.24, 2.45) is 0 Å². The third kappa shape index (κ3) is 2.72. The van der Waals surface area contributed by atoms with E-state index in [0.29, 0.717) is 11.6 Å². The minimum atomic E-state index is -0.657. The quantitative estimate of drug-likeness (QED) is 0.862. The Morgan fingerprint density at radius 3 is 2.67 bits per heavy atom. The van der Waals surface area contributed by atoms with Crippen LogP contribution in [0.25, 0.3) is 0 Å². The van der Waals surface area contributed by atoms with Crippen molar-refractivity contribution in [2.45, 2.75) is 38.9 Å². The van der Waals surface area contributed by atoms with Crippen LogP contribution in [0.2, 0.25) is 5.02 Å². The zero-order chi connectivity index (χ0) is 11.5. The molecule has 0 aliphatic heterocycles. The van der Waals surface area contributed by atoms with Crippen molar-refractivity contribution in [1.29, 1.82) is 0 Å². The molecular formula is C11H17ClO2S. The lowest BCUT2D eigenvalue weighted by atomic mass is 9.94. The summed E-state index contributed by atoms with van der Waals surface area (Å²) in [5.41, 5.74) is -0.552. The molecule has 0 aliphatic rings. The average molecular weight is 249 g/mol. The number of hydrogen-bond donors (Lipinski definition) is 1. The zero-order valence-corrected chi connectivity index (χ0v) is 10.9. The molecule has 1 heterocycles. The van der Waals surface area contributed by atoms with Gasteiger partial charge in [-0.3, -0.25) is 0 Å². The summed E-state index contributed by atoms with van der Waals surface area (Å²) >= 11 is 7.46. The summed E-state index contributed by atoms with van der Waals surface area (Å²) in [6, 6.07) is 1.80. The molecule has 0 aliphatic carbocycles. The van der Waals surface area contributed by atoms with Gasteiger partial charge in [-0.15, -0.1) is 11.3 Å². The third-order valence-electron chi connectivity index (χ3n) is 2.65. The monoisotopic (exact) mass is 248 g/mol. The van der Waals surface area contributed by atoms with Crippen molar-refractivity contribution in [1.82, 2.24) is 0 Å². The molecule has 1 aromatic rings. The van der Waals surface area contributed by atoms with Gasteiger partial charge in [-0.05, 0) is 31.7 Å². The number of aliphatic hydroxyl groups excluding tert-OH is 1. The van der Waals surface area contributed by atoms with Gasteiger partial charge in [0.05, 0.1) is 15.5 Å². The van der Waals surface area contributed by atoms with Crippen LogP contribution in [0.3, 0.4) is 0 Å². The summed E-state index contributed by atoms with van der Waals surface area (Å²) in [7, 11) is 0. The molecule has 86 valence electrons. The van der Waals surface area contributed by atoms with Crippen molar-refractivity contribution in [3.63, 3.8) is 0 Å². The lowest BCUT2D eigenvalue weighted by Crippen LogP contribution is -2.35. The van der Waals surface area contributed by atoms with Gasteiger partial charge >= 0.3 is 0 Å². The van der Waals surface area contributed by atoms with E-state index in [0.717, 1.165) is 11.3 Å². The van der Waals surface area contributed by atoms with Gasteiger partial charge in [-0.2, -0.15) is 0 Å². The number of halogens is 1. The van der Waals surface area contributed by atoms with E-state index in [9.17, 15) is 5.11 Å². The van der Waals surface area contributed by atoms with Crippen LogP contribution in [0.4, 0.5) is 0 Å². The van der Waals surface area contributed by atoms with Gasteiger partial charge in [-0.1, -0.05) is 18.5 Å². The van der Waals surface area contributed by atoms with Crippen LogP contribution in [0.5, 0.6) is 0 Å². The number of rotatable bonds is 5. The summed E-state index contributed by atoms with van der Waals surface area (Å²) < 4.78 is 5.62. The molecule has 15 heavy (non-hydrogen) atoms. The molecular weight excluding hydrogens is 232 g/mol. The summed E-state index contributed by atoms with van der Waals surface area (Å²) in [6.45, 7) is 6.43. The minimum Gasteiger partial charge on any atom is -0.384 e. The Labute approximate surface area is 99.8 Å². The highest BCUT2D eigenvalue weighted by Crippen LogP contribution is 2.38. The molecule has 4 heteroatoms. The van der Waals surface area contributed by atoms with Gasteiger partial charge in [0.25, 0.3) is 0 Å². The molecule has 0 radical (unpaired) electrons. The van der Waals surface area contributed by atoms with Crippen molar-refractivity contribution < 1.29 is 9.84 Å². The SMILES string of the molecule is CCOC(C)(CC)C(O)c1sccc1Cl. The second-order valence-electron chi connectivity index (χ2n) is 3.63. The molecule has 1 aromatic heterocycles. The molecule has 0 spiro atoms. The number of aliphatic hydroxyl groups is 1. The van der Waals surface area contributed by atoms with Crippen LogP contribution in [0, 0.1) is 0 Å². The molecule has 0 bridgehead atoms. The van der Waals surface area contributed by atoms with Gasteiger partial charge < -0.3 is 9.84 Å². The predicted octanol–water partition coefficient (Wildman–Crippen LogP) is 3.64. The molecule has 0 aromatic carbocycles. The lowest BCUT2D eigenvalue weighted by molar-refractivity contribution is -0.111. The fourth-order valence-electron chi connectivity index (χ4n) is 1.48. The largest absolute Gasteiger partial charge is 0.384 e. The van der Waals surface area contributed by atoms with E-state index in [2.05, 4.69) is 0 Å². The molecule has 0 saturated carbocycles. The van der Waals surface area contributed by atoms with Crippen LogP contribution < -0.4 is 0 Å². The van der Waals surface area contributed by atoms with Crippen molar-refractivity contribution >= 4 is 22.9 Å². The predicted molar refractivity (Wildman–Crippen MR) is 64.6 cm³/mol. The highest BCUT2D eigenvalue weighted by molar-refractivity contribution is 7.10. The Bertz CT molecular complexity index is 313. The van der Waals surface area contributed by atoms with Crippen molar-refractivity contribution in [3.05, 3.63) is 21.3 Å². The van der Waals surface area contributed by atoms with Crippen LogP contribution in [-0.2, 0) is 4.74 Å². The average Bonchev–Trinajstić information content (AvgIpc) is 2.63. The smallest absolute Gasteiger partial charge is 0.118 e. The zero-order valence-electron chi connectivity index (χ0n) is 9.29. The topological polar surface area (TPSA) is 29.5 Å². The van der Waals surface area contributed by atoms with Gasteiger partial charge in [-0.25, -0.2) is 0 Å². The summed E-state index contributed by atoms with van der Waals surface area (Å²) in [5, 5.41) is 12.7. The van der Waals surface area contributed by atoms with Gasteiger partial charge in [0.1, 0.15) is 6.10 Å². The number of thiophene rings is 1. The van der Waals surface area contributed by atoms with E-state index in [1.807, 2.05) is 26.2 Å². The van der Waals surface area contributed by atoms with Crippen LogP contribution >= 0.6 is 22.9 Å². The first kappa shape index (κ1) is 13.0. The first-order chi connectivity index (χ1) is 7.05. The Balaban J connectivity index is 2.91. The van der Waals surface area contributed by atoms with E-state index in [4.69, 9.17) is 16.3 Å². The normalized spacial score (nSPS) is 17.4. The Morgan fingerprint density at radius 1 is 1.60 bits per heavy atom. The molecule has 0 saturated heterocycles. The highest BCUT2D eigenvalue weighted by atomic mass is 35.5. The van der Waals surface area contributed by atoms with Crippen molar-refractivity contribution in [3.8, 4) is 0 Å². The Morgan fingerprint density at radius 2 is 2.27 bits per heavy atom. The fraction of sp³-hybridized carbons (Fsp3) is 0.636. The number of ether oxygens (including phenoxy) is 1. The maximum Gasteiger partial charge on any atom is 0.118 e. The minimum absolute atomic E-state index is 0.552. The van der Waals surface area contributed by atoms with Gasteiger partial charge in [0.15, 0.2) is 0 Å². The van der Waals surface area contributed by atoms with Gasteiger partial charge in [0, 0.05) is 6.61 Å². The summed E-state index contributed by atoms with van der Waals surface area (Å²) in [6.07, 6.45) is 0.0888. The van der Waals surface area contributed by atoms with E-state index in [1.165, 1.54) is 11.3 Å². The molecule has 2 atom stereocenters. The van der Waals surface area contributed by atoms with Crippen LogP contribution in [0.15, 0.2) is 11.4 Å². The van der Waals surface area contributed by atoms with E-state index in [-0.39, 0.29) is 0 Å². The summed E-state index contributed by atoms with van der Waals surface area (Å²) in [5.74, 6) is 0. The fourth-order valence-corrected chi connectivity index (χ4v) is 2.77. The highest BCUT2D eigenvalue weighted by Gasteiger charge is 2.34. The second kappa shape index (κ2) is 5.30. The van der Waals surface area contributed by atoms with Gasteiger partial charge in [0.2, 0.25) is 0 Å². The van der Waals surface area contributed by atoms with E-state index >= 15 is 0 Å². The molecule has 2 unspecified atom stereocenters. The van der Waals surface area contributed by atoms with Crippen LogP contribution in [0.1, 0.15) is 38.2 Å². The Hall–Kier alpha value is -0.0900. The second-order valence-corrected chi connectivity index (χ2v) is 4.99. The summed E-state index contributed by atoms with van der Waals surface area (Å²) in [4.78, 5) is 0.787. The first-order valence-electron chi connectivity index (χ1n) is 5.10. The van der Waals surface area contributed by atoms with Crippen molar-refractivity contribution in [2.75, 3.05) is 6.61 Å². The molecule has 0 amide bonds. The Kier molecular flexibility index (Phi) is 4.59. The first-order valence-corrected chi connectivity index (χ1v) is 6.35. The third-order valence-corrected chi connectivity index (χ3v) is 4.06. The standard InChI is InChI=1S/C11H17ClO2S/c1-4-11(3,14-5-2)10(13)9-8(12)6-7-15-9/h6-7,10,13H,4-5H2,1-3H3. The molecule has 2 nitrogen and oxygen atoms in total. The molecule has 1 N–H and O–H groups in total. The maximum absolute atomic E-state index is 10.2.